The molecule has 0 aliphatic heterocycles. The largest absolute Gasteiger partial charge is 0.383 e. The van der Waals surface area contributed by atoms with Gasteiger partial charge in [0.25, 0.3) is 5.91 Å². The van der Waals surface area contributed by atoms with Crippen LogP contribution in [-0.4, -0.2) is 42.9 Å². The van der Waals surface area contributed by atoms with Crippen molar-refractivity contribution in [2.24, 2.45) is 0 Å². The monoisotopic (exact) mass is 321 g/mol. The van der Waals surface area contributed by atoms with Crippen LogP contribution in [-0.2, 0) is 4.74 Å². The predicted octanol–water partition coefficient (Wildman–Crippen LogP) is 2.45. The smallest absolute Gasteiger partial charge is 0.253 e. The van der Waals surface area contributed by atoms with E-state index < -0.39 is 11.6 Å². The normalized spacial score (nSPS) is 12.3. The van der Waals surface area contributed by atoms with Gasteiger partial charge in [0, 0.05) is 26.3 Å². The van der Waals surface area contributed by atoms with Crippen molar-refractivity contribution in [1.29, 1.82) is 0 Å². The van der Waals surface area contributed by atoms with Crippen LogP contribution in [0.3, 0.4) is 0 Å². The molecule has 0 N–H and O–H groups in total. The third-order valence-corrected chi connectivity index (χ3v) is 2.89. The zero-order valence-corrected chi connectivity index (χ0v) is 11.7. The van der Waals surface area contributed by atoms with Crippen molar-refractivity contribution in [1.82, 2.24) is 4.90 Å². The maximum atomic E-state index is 13.0. The van der Waals surface area contributed by atoms with E-state index in [1.165, 1.54) is 11.0 Å². The minimum Gasteiger partial charge on any atom is -0.383 e. The number of hydrogen-bond acceptors (Lipinski definition) is 2. The first-order valence-electron chi connectivity index (χ1n) is 5.29. The molecule has 0 aliphatic rings. The van der Waals surface area contributed by atoms with Crippen LogP contribution in [0.2, 0.25) is 0 Å². The highest BCUT2D eigenvalue weighted by atomic mass is 79.9. The first-order chi connectivity index (χ1) is 8.45. The molecular weight excluding hydrogens is 308 g/mol. The van der Waals surface area contributed by atoms with E-state index in [9.17, 15) is 13.6 Å². The molecule has 1 atom stereocenters. The lowest BCUT2D eigenvalue weighted by Crippen LogP contribution is -2.33. The van der Waals surface area contributed by atoms with Crippen LogP contribution in [0.5, 0.6) is 0 Å². The number of rotatable bonds is 5. The maximum absolute atomic E-state index is 13.0. The van der Waals surface area contributed by atoms with Gasteiger partial charge in [0.1, 0.15) is 0 Å². The number of benzene rings is 1. The topological polar surface area (TPSA) is 29.5 Å². The maximum Gasteiger partial charge on any atom is 0.253 e. The van der Waals surface area contributed by atoms with Gasteiger partial charge in [0.05, 0.1) is 11.4 Å². The lowest BCUT2D eigenvalue weighted by Gasteiger charge is -2.20. The van der Waals surface area contributed by atoms with Gasteiger partial charge in [-0.15, -0.1) is 0 Å². The first-order valence-corrected chi connectivity index (χ1v) is 6.20. The van der Waals surface area contributed by atoms with Gasteiger partial charge in [-0.1, -0.05) is 15.9 Å². The van der Waals surface area contributed by atoms with Gasteiger partial charge in [-0.2, -0.15) is 0 Å². The molecule has 0 heterocycles. The summed E-state index contributed by atoms with van der Waals surface area (Å²) < 4.78 is 30.7. The molecule has 0 saturated heterocycles. The minimum atomic E-state index is -1.03. The average Bonchev–Trinajstić information content (AvgIpc) is 2.32. The molecule has 6 heteroatoms. The fourth-order valence-corrected chi connectivity index (χ4v) is 2.16. The molecule has 0 saturated carbocycles. The van der Waals surface area contributed by atoms with Crippen molar-refractivity contribution in [2.45, 2.75) is 4.83 Å². The molecule has 0 aromatic heterocycles. The summed E-state index contributed by atoms with van der Waals surface area (Å²) in [6, 6.07) is 3.10. The Balaban J connectivity index is 2.71. The van der Waals surface area contributed by atoms with Gasteiger partial charge in [0.15, 0.2) is 11.6 Å². The van der Waals surface area contributed by atoms with E-state index in [1.807, 2.05) is 0 Å². The Kier molecular flexibility index (Phi) is 5.68. The first kappa shape index (κ1) is 15.0. The summed E-state index contributed by atoms with van der Waals surface area (Å²) in [6.45, 7) is 0.862. The molecule has 0 fully saturated rings. The summed E-state index contributed by atoms with van der Waals surface area (Å²) in [5.74, 6) is -2.36. The van der Waals surface area contributed by atoms with Crippen LogP contribution < -0.4 is 0 Å². The van der Waals surface area contributed by atoms with Crippen LogP contribution >= 0.6 is 15.9 Å². The van der Waals surface area contributed by atoms with Gasteiger partial charge in [-0.3, -0.25) is 4.79 Å². The van der Waals surface area contributed by atoms with Gasteiger partial charge < -0.3 is 9.64 Å². The summed E-state index contributed by atoms with van der Waals surface area (Å²) in [6.07, 6.45) is 0. The van der Waals surface area contributed by atoms with E-state index in [1.54, 1.807) is 14.2 Å². The van der Waals surface area contributed by atoms with Crippen LogP contribution in [0.4, 0.5) is 8.78 Å². The number of methoxy groups -OCH3 is 1. The van der Waals surface area contributed by atoms with Gasteiger partial charge in [0.2, 0.25) is 0 Å². The lowest BCUT2D eigenvalue weighted by molar-refractivity contribution is 0.0783. The fourth-order valence-electron chi connectivity index (χ4n) is 1.46. The second-order valence-corrected chi connectivity index (χ2v) is 5.16. The molecule has 0 aliphatic carbocycles. The average molecular weight is 322 g/mol. The van der Waals surface area contributed by atoms with Crippen LogP contribution in [0.25, 0.3) is 0 Å². The van der Waals surface area contributed by atoms with Crippen molar-refractivity contribution in [2.75, 3.05) is 27.3 Å². The highest BCUT2D eigenvalue weighted by Crippen LogP contribution is 2.12. The zero-order chi connectivity index (χ0) is 13.7. The number of halogens is 3. The number of nitrogens with zero attached hydrogens (tertiary/aromatic N) is 1. The van der Waals surface area contributed by atoms with E-state index in [2.05, 4.69) is 15.9 Å². The molecule has 100 valence electrons. The highest BCUT2D eigenvalue weighted by molar-refractivity contribution is 9.09. The quantitative estimate of drug-likeness (QED) is 0.780. The molecule has 0 bridgehead atoms. The van der Waals surface area contributed by atoms with Crippen LogP contribution in [0.15, 0.2) is 18.2 Å². The summed E-state index contributed by atoms with van der Waals surface area (Å²) in [5, 5.41) is 0. The van der Waals surface area contributed by atoms with Gasteiger partial charge in [-0.05, 0) is 18.2 Å². The van der Waals surface area contributed by atoms with Gasteiger partial charge in [-0.25, -0.2) is 8.78 Å². The van der Waals surface area contributed by atoms with Crippen molar-refractivity contribution in [3.63, 3.8) is 0 Å². The summed E-state index contributed by atoms with van der Waals surface area (Å²) in [7, 11) is 3.15. The molecule has 0 spiro atoms. The Bertz CT molecular complexity index is 429. The molecule has 1 amide bonds. The summed E-state index contributed by atoms with van der Waals surface area (Å²) in [5.41, 5.74) is 0.119. The van der Waals surface area contributed by atoms with Crippen molar-refractivity contribution in [3.05, 3.63) is 35.4 Å². The Morgan fingerprint density at radius 3 is 2.67 bits per heavy atom. The SMILES string of the molecule is COCC(Br)CN(C)C(=O)c1ccc(F)c(F)c1. The molecule has 1 rings (SSSR count). The second-order valence-electron chi connectivity index (χ2n) is 3.87. The zero-order valence-electron chi connectivity index (χ0n) is 10.1. The van der Waals surface area contributed by atoms with E-state index in [-0.39, 0.29) is 16.3 Å². The number of amides is 1. The van der Waals surface area contributed by atoms with Crippen molar-refractivity contribution < 1.29 is 18.3 Å². The predicted molar refractivity (Wildman–Crippen MR) is 67.9 cm³/mol. The second kappa shape index (κ2) is 6.80. The molecule has 18 heavy (non-hydrogen) atoms. The Hall–Kier alpha value is -1.01. The van der Waals surface area contributed by atoms with Crippen molar-refractivity contribution in [3.8, 4) is 0 Å². The molecule has 3 nitrogen and oxygen atoms in total. The molecule has 1 aromatic carbocycles. The highest BCUT2D eigenvalue weighted by Gasteiger charge is 2.16. The summed E-state index contributed by atoms with van der Waals surface area (Å²) in [4.78, 5) is 13.3. The number of ether oxygens (including phenoxy) is 1. The molecule has 1 unspecified atom stereocenters. The fraction of sp³-hybridized carbons (Fsp3) is 0.417. The standard InChI is InChI=1S/C12H14BrF2NO2/c1-16(6-9(13)7-18-2)12(17)8-3-4-10(14)11(15)5-8/h3-5,9H,6-7H2,1-2H3. The summed E-state index contributed by atoms with van der Waals surface area (Å²) >= 11 is 3.35. The number of carbonyl (C=O) groups is 1. The number of carbonyl (C=O) groups excluding carboxylic acids is 1. The van der Waals surface area contributed by atoms with E-state index in [4.69, 9.17) is 4.74 Å². The van der Waals surface area contributed by atoms with E-state index in [0.717, 1.165) is 12.1 Å². The number of alkyl halides is 1. The van der Waals surface area contributed by atoms with Crippen LogP contribution in [0, 0.1) is 11.6 Å². The number of hydrogen-bond donors (Lipinski definition) is 0. The lowest BCUT2D eigenvalue weighted by atomic mass is 10.2. The Morgan fingerprint density at radius 2 is 2.11 bits per heavy atom. The molecule has 0 radical (unpaired) electrons. The van der Waals surface area contributed by atoms with E-state index in [0.29, 0.717) is 13.2 Å². The van der Waals surface area contributed by atoms with Crippen LogP contribution in [0.1, 0.15) is 10.4 Å². The molecular formula is C12H14BrF2NO2. The Morgan fingerprint density at radius 1 is 1.44 bits per heavy atom. The third-order valence-electron chi connectivity index (χ3n) is 2.33. The van der Waals surface area contributed by atoms with Gasteiger partial charge >= 0.3 is 0 Å². The minimum absolute atomic E-state index is 0.0123. The third kappa shape index (κ3) is 4.03. The van der Waals surface area contributed by atoms with E-state index >= 15 is 0 Å². The molecule has 1 aromatic rings. The Labute approximate surface area is 113 Å². The van der Waals surface area contributed by atoms with Crippen molar-refractivity contribution >= 4 is 21.8 Å².